The molecule has 0 amide bonds. The number of ether oxygens (including phenoxy) is 1. The summed E-state index contributed by atoms with van der Waals surface area (Å²) in [4.78, 5) is 9.78. The van der Waals surface area contributed by atoms with Crippen LogP contribution in [0.25, 0.3) is 49.9 Å². The molecule has 0 aliphatic carbocycles. The van der Waals surface area contributed by atoms with E-state index in [1.54, 1.807) is 0 Å². The Balaban J connectivity index is 0.00000657. The molecule has 0 spiro atoms. The fraction of sp³-hybridized carbons (Fsp3) is 0.200. The molecule has 1 aliphatic heterocycles. The monoisotopic (exact) mass is 1170 g/mol. The molecule has 0 unspecified atom stereocenters. The maximum absolute atomic E-state index is 6.93. The third-order valence-corrected chi connectivity index (χ3v) is 15.1. The van der Waals surface area contributed by atoms with E-state index in [9.17, 15) is 0 Å². The number of hydrogen-bond acceptors (Lipinski definition) is 4. The zero-order chi connectivity index (χ0) is 52.3. The first-order valence-corrected chi connectivity index (χ1v) is 26.2. The number of hydrogen-bond donors (Lipinski definition) is 0. The van der Waals surface area contributed by atoms with Crippen LogP contribution >= 0.6 is 0 Å². The minimum atomic E-state index is -0.493. The molecule has 8 aromatic carbocycles. The van der Waals surface area contributed by atoms with Gasteiger partial charge < -0.3 is 19.1 Å². The molecule has 2 aromatic heterocycles. The Morgan fingerprint density at radius 3 is 1.61 bits per heavy atom. The van der Waals surface area contributed by atoms with Crippen LogP contribution in [-0.4, -0.2) is 9.55 Å². The number of aromatic nitrogens is 2. The van der Waals surface area contributed by atoms with Gasteiger partial charge in [-0.15, -0.1) is 48.1 Å². The maximum Gasteiger partial charge on any atom is 0.135 e. The van der Waals surface area contributed by atoms with E-state index in [2.05, 4.69) is 290 Å². The van der Waals surface area contributed by atoms with Crippen molar-refractivity contribution in [2.24, 2.45) is 0 Å². The summed E-state index contributed by atoms with van der Waals surface area (Å²) >= 11 is 0. The van der Waals surface area contributed by atoms with E-state index < -0.39 is 10.8 Å². The predicted molar refractivity (Wildman–Crippen MR) is 313 cm³/mol. The van der Waals surface area contributed by atoms with E-state index in [0.29, 0.717) is 11.5 Å². The summed E-state index contributed by atoms with van der Waals surface area (Å²) in [7, 11) is 0. The van der Waals surface area contributed by atoms with Crippen LogP contribution in [0.2, 0.25) is 0 Å². The molecule has 0 N–H and O–H groups in total. The van der Waals surface area contributed by atoms with Gasteiger partial charge in [0.1, 0.15) is 5.82 Å². The van der Waals surface area contributed by atoms with E-state index in [4.69, 9.17) is 9.72 Å². The number of fused-ring (bicyclic) bond motifs is 3. The van der Waals surface area contributed by atoms with Gasteiger partial charge in [0.15, 0.2) is 0 Å². The first-order valence-electron chi connectivity index (χ1n) is 26.2. The number of pyridine rings is 1. The topological polar surface area (TPSA) is 33.5 Å². The Morgan fingerprint density at radius 2 is 1.00 bits per heavy atom. The van der Waals surface area contributed by atoms with Gasteiger partial charge in [-0.1, -0.05) is 214 Å². The van der Waals surface area contributed by atoms with Crippen molar-refractivity contribution < 1.29 is 25.8 Å². The van der Waals surface area contributed by atoms with Gasteiger partial charge in [0.05, 0.1) is 0 Å². The molecule has 5 nitrogen and oxygen atoms in total. The van der Waals surface area contributed by atoms with Crippen molar-refractivity contribution in [1.29, 1.82) is 0 Å². The van der Waals surface area contributed by atoms with Gasteiger partial charge in [-0.2, -0.15) is 12.1 Å². The normalized spacial score (nSPS) is 13.4. The van der Waals surface area contributed by atoms with E-state index >= 15 is 0 Å². The molecular formula is C70H65N4OPt-3. The van der Waals surface area contributed by atoms with Crippen LogP contribution in [0.3, 0.4) is 0 Å². The van der Waals surface area contributed by atoms with Crippen LogP contribution in [0.15, 0.2) is 218 Å². The predicted octanol–water partition coefficient (Wildman–Crippen LogP) is 18.1. The summed E-state index contributed by atoms with van der Waals surface area (Å²) in [5.74, 6) is 2.00. The average molecular weight is 1170 g/mol. The standard InChI is InChI=1S/C70H65N4O.Pt/c1-67(2,3)54-38-39-71-64(44-54)74-62-37-34-50(48-24-15-11-16-25-48)42-61(62)60-36-35-59(46-63(60)74)75-58-33-23-32-56(45-58)72-47-73(57-41-51(49-26-17-12-18-27-49)40-55(43-57)68(4,5)6)66(70(9,10)53-30-21-14-22-31-53)65(72)69(7,8)52-28-19-13-20-29-52;/h11-44,47H,1-10H3;/q-3;. The van der Waals surface area contributed by atoms with Crippen molar-refractivity contribution in [2.45, 2.75) is 90.9 Å². The minimum absolute atomic E-state index is 0. The molecule has 1 aliphatic rings. The Morgan fingerprint density at radius 1 is 0.434 bits per heavy atom. The van der Waals surface area contributed by atoms with Crippen molar-refractivity contribution in [3.8, 4) is 39.6 Å². The summed E-state index contributed by atoms with van der Waals surface area (Å²) in [6.07, 6.45) is 1.92. The summed E-state index contributed by atoms with van der Waals surface area (Å²) in [5, 5.41) is 2.19. The number of nitrogens with zero attached hydrogens (tertiary/aromatic N) is 4. The number of rotatable bonds is 11. The Hall–Kier alpha value is -7.46. The molecular weight excluding hydrogens is 1110 g/mol. The van der Waals surface area contributed by atoms with E-state index in [1.165, 1.54) is 44.6 Å². The van der Waals surface area contributed by atoms with Crippen molar-refractivity contribution in [3.05, 3.63) is 259 Å². The summed E-state index contributed by atoms with van der Waals surface area (Å²) in [6.45, 7) is 25.3. The molecule has 6 heteroatoms. The third kappa shape index (κ3) is 9.83. The second-order valence-electron chi connectivity index (χ2n) is 23.1. The second kappa shape index (κ2) is 20.2. The summed E-state index contributed by atoms with van der Waals surface area (Å²) in [6, 6.07) is 79.1. The van der Waals surface area contributed by atoms with Gasteiger partial charge >= 0.3 is 0 Å². The molecule has 384 valence electrons. The average Bonchev–Trinajstić information content (AvgIpc) is 4.04. The molecule has 0 bridgehead atoms. The molecule has 0 radical (unpaired) electrons. The summed E-state index contributed by atoms with van der Waals surface area (Å²) < 4.78 is 9.16. The minimum Gasteiger partial charge on any atom is -0.509 e. The molecule has 0 saturated heterocycles. The zero-order valence-electron chi connectivity index (χ0n) is 45.2. The number of benzene rings is 8. The smallest absolute Gasteiger partial charge is 0.135 e. The largest absolute Gasteiger partial charge is 0.509 e. The first kappa shape index (κ1) is 52.0. The van der Waals surface area contributed by atoms with Crippen LogP contribution in [0.1, 0.15) is 91.5 Å². The molecule has 76 heavy (non-hydrogen) atoms. The molecule has 0 fully saturated rings. The Kier molecular flexibility index (Phi) is 13.9. The van der Waals surface area contributed by atoms with Crippen molar-refractivity contribution >= 4 is 33.2 Å². The zero-order valence-corrected chi connectivity index (χ0v) is 47.5. The van der Waals surface area contributed by atoms with Crippen LogP contribution in [0.4, 0.5) is 11.4 Å². The van der Waals surface area contributed by atoms with Crippen molar-refractivity contribution in [2.75, 3.05) is 9.80 Å². The van der Waals surface area contributed by atoms with Gasteiger partial charge in [-0.3, -0.25) is 0 Å². The maximum atomic E-state index is 6.93. The third-order valence-electron chi connectivity index (χ3n) is 15.1. The Bertz CT molecular complexity index is 3730. The summed E-state index contributed by atoms with van der Waals surface area (Å²) in [5.41, 5.74) is 14.6. The van der Waals surface area contributed by atoms with E-state index in [-0.39, 0.29) is 31.9 Å². The van der Waals surface area contributed by atoms with Crippen LogP contribution in [0.5, 0.6) is 11.5 Å². The van der Waals surface area contributed by atoms with Crippen molar-refractivity contribution in [1.82, 2.24) is 9.55 Å². The fourth-order valence-electron chi connectivity index (χ4n) is 10.8. The van der Waals surface area contributed by atoms with E-state index in [0.717, 1.165) is 50.3 Å². The molecule has 3 heterocycles. The fourth-order valence-corrected chi connectivity index (χ4v) is 10.8. The second-order valence-corrected chi connectivity index (χ2v) is 23.1. The van der Waals surface area contributed by atoms with Gasteiger partial charge in [0.2, 0.25) is 0 Å². The Labute approximate surface area is 464 Å². The van der Waals surface area contributed by atoms with Crippen molar-refractivity contribution in [3.63, 3.8) is 0 Å². The SMILES string of the molecule is CC(C)(C)c1cc(-c2ccccc2)cc(N2[CH-]N(c3[c-]c(Oc4[c-]c5c(cc4)c4cc(-c6ccccc6)ccc4n5-c4cc(C(C)(C)C)ccn4)ccc3)C(C(C)(C)c3ccccc3)=C2C(C)(C)c2ccccc2)c1.[Pt]. The number of allylic oxidation sites excluding steroid dienone is 2. The molecule has 0 atom stereocenters. The van der Waals surface area contributed by atoms with Gasteiger partial charge in [0.25, 0.3) is 0 Å². The molecule has 0 saturated carbocycles. The van der Waals surface area contributed by atoms with Crippen LogP contribution in [-0.2, 0) is 42.7 Å². The van der Waals surface area contributed by atoms with Gasteiger partial charge in [-0.25, -0.2) is 4.98 Å². The number of anilines is 2. The van der Waals surface area contributed by atoms with Gasteiger partial charge in [0, 0.05) is 72.2 Å². The first-order chi connectivity index (χ1) is 35.9. The van der Waals surface area contributed by atoms with Crippen LogP contribution in [0, 0.1) is 18.8 Å². The quantitative estimate of drug-likeness (QED) is 0.121. The van der Waals surface area contributed by atoms with Crippen LogP contribution < -0.4 is 14.5 Å². The molecule has 11 rings (SSSR count). The van der Waals surface area contributed by atoms with Gasteiger partial charge in [-0.05, 0) is 91.1 Å². The van der Waals surface area contributed by atoms with E-state index in [1.807, 2.05) is 18.3 Å². The molecule has 10 aromatic rings.